The van der Waals surface area contributed by atoms with Crippen molar-refractivity contribution in [2.24, 2.45) is 5.73 Å². The van der Waals surface area contributed by atoms with Gasteiger partial charge in [-0.2, -0.15) is 0 Å². The van der Waals surface area contributed by atoms with Gasteiger partial charge in [-0.3, -0.25) is 0 Å². The van der Waals surface area contributed by atoms with Crippen LogP contribution in [-0.2, 0) is 0 Å². The summed E-state index contributed by atoms with van der Waals surface area (Å²) < 4.78 is 5.76. The van der Waals surface area contributed by atoms with Gasteiger partial charge in [0.25, 0.3) is 0 Å². The van der Waals surface area contributed by atoms with Crippen LogP contribution in [0.3, 0.4) is 0 Å². The number of aryl methyl sites for hydroxylation is 1. The van der Waals surface area contributed by atoms with Gasteiger partial charge in [-0.25, -0.2) is 0 Å². The third-order valence-corrected chi connectivity index (χ3v) is 2.94. The van der Waals surface area contributed by atoms with Gasteiger partial charge in [-0.15, -0.1) is 6.58 Å². The van der Waals surface area contributed by atoms with E-state index in [1.807, 2.05) is 19.1 Å². The van der Waals surface area contributed by atoms with Crippen molar-refractivity contribution < 1.29 is 4.42 Å². The zero-order valence-electron chi connectivity index (χ0n) is 10.5. The van der Waals surface area contributed by atoms with Crippen LogP contribution < -0.4 is 5.73 Å². The van der Waals surface area contributed by atoms with E-state index in [4.69, 9.17) is 10.2 Å². The Morgan fingerprint density at radius 3 is 2.88 bits per heavy atom. The summed E-state index contributed by atoms with van der Waals surface area (Å²) >= 11 is 0. The summed E-state index contributed by atoms with van der Waals surface area (Å²) in [6.07, 6.45) is 1.82. The van der Waals surface area contributed by atoms with E-state index in [9.17, 15) is 0 Å². The Labute approximate surface area is 102 Å². The zero-order chi connectivity index (χ0) is 12.4. The summed E-state index contributed by atoms with van der Waals surface area (Å²) in [5, 5.41) is 1.13. The number of benzene rings is 1. The predicted molar refractivity (Wildman–Crippen MR) is 71.9 cm³/mol. The van der Waals surface area contributed by atoms with Gasteiger partial charge in [0, 0.05) is 5.39 Å². The average molecular weight is 229 g/mol. The predicted octanol–water partition coefficient (Wildman–Crippen LogP) is 4.10. The molecule has 0 aliphatic heterocycles. The molecule has 2 heteroatoms. The molecule has 0 bridgehead atoms. The molecular weight excluding hydrogens is 210 g/mol. The first kappa shape index (κ1) is 11.9. The Bertz CT molecular complexity index is 539. The monoisotopic (exact) mass is 229 g/mol. The second-order valence-electron chi connectivity index (χ2n) is 4.79. The van der Waals surface area contributed by atoms with Crippen molar-refractivity contribution in [3.05, 3.63) is 47.7 Å². The fraction of sp³-hybridized carbons (Fsp3) is 0.333. The third kappa shape index (κ3) is 2.77. The molecule has 2 nitrogen and oxygen atoms in total. The van der Waals surface area contributed by atoms with Crippen LogP contribution in [0.2, 0.25) is 0 Å². The number of allylic oxidation sites excluding steroid dienone is 1. The summed E-state index contributed by atoms with van der Waals surface area (Å²) in [6.45, 7) is 7.99. The molecule has 1 aromatic heterocycles. The molecule has 0 aliphatic carbocycles. The molecule has 1 aromatic carbocycles. The van der Waals surface area contributed by atoms with Crippen LogP contribution in [0.5, 0.6) is 0 Å². The van der Waals surface area contributed by atoms with Gasteiger partial charge in [0.15, 0.2) is 0 Å². The highest BCUT2D eigenvalue weighted by Gasteiger charge is 2.11. The smallest absolute Gasteiger partial charge is 0.134 e. The molecule has 2 rings (SSSR count). The summed E-state index contributed by atoms with van der Waals surface area (Å²) in [6, 6.07) is 8.17. The van der Waals surface area contributed by atoms with E-state index in [1.165, 1.54) is 5.56 Å². The van der Waals surface area contributed by atoms with E-state index in [2.05, 4.69) is 25.6 Å². The van der Waals surface area contributed by atoms with Crippen LogP contribution in [0.15, 0.2) is 40.8 Å². The highest BCUT2D eigenvalue weighted by atomic mass is 16.3. The normalized spacial score (nSPS) is 12.9. The number of furan rings is 1. The fourth-order valence-corrected chi connectivity index (χ4v) is 1.91. The minimum absolute atomic E-state index is 0.0422. The van der Waals surface area contributed by atoms with Crippen molar-refractivity contribution in [3.63, 3.8) is 0 Å². The standard InChI is InChI=1S/C15H19NO/c1-10(2)4-6-13(16)15-9-12-8-11(3)5-7-14(12)17-15/h5,7-9,13H,1,4,6,16H2,2-3H3. The van der Waals surface area contributed by atoms with Gasteiger partial charge < -0.3 is 10.2 Å². The SMILES string of the molecule is C=C(C)CCC(N)c1cc2cc(C)ccc2o1. The van der Waals surface area contributed by atoms with Gasteiger partial charge in [0.1, 0.15) is 11.3 Å². The Hall–Kier alpha value is -1.54. The van der Waals surface area contributed by atoms with E-state index in [-0.39, 0.29) is 6.04 Å². The second kappa shape index (κ2) is 4.76. The molecule has 17 heavy (non-hydrogen) atoms. The van der Waals surface area contributed by atoms with Crippen LogP contribution in [0.4, 0.5) is 0 Å². The van der Waals surface area contributed by atoms with Crippen molar-refractivity contribution in [2.75, 3.05) is 0 Å². The molecule has 0 fully saturated rings. The van der Waals surface area contributed by atoms with E-state index < -0.39 is 0 Å². The van der Waals surface area contributed by atoms with Gasteiger partial charge >= 0.3 is 0 Å². The van der Waals surface area contributed by atoms with Crippen LogP contribution in [-0.4, -0.2) is 0 Å². The quantitative estimate of drug-likeness (QED) is 0.802. The van der Waals surface area contributed by atoms with Crippen molar-refractivity contribution in [3.8, 4) is 0 Å². The fourth-order valence-electron chi connectivity index (χ4n) is 1.91. The summed E-state index contributed by atoms with van der Waals surface area (Å²) in [4.78, 5) is 0. The average Bonchev–Trinajstić information content (AvgIpc) is 2.68. The molecule has 0 spiro atoms. The molecule has 0 aliphatic rings. The lowest BCUT2D eigenvalue weighted by molar-refractivity contribution is 0.478. The molecule has 2 N–H and O–H groups in total. The van der Waals surface area contributed by atoms with Gasteiger partial charge in [-0.05, 0) is 44.9 Å². The first-order valence-corrected chi connectivity index (χ1v) is 5.96. The van der Waals surface area contributed by atoms with Crippen LogP contribution >= 0.6 is 0 Å². The van der Waals surface area contributed by atoms with E-state index >= 15 is 0 Å². The maximum Gasteiger partial charge on any atom is 0.134 e. The minimum Gasteiger partial charge on any atom is -0.459 e. The largest absolute Gasteiger partial charge is 0.459 e. The van der Waals surface area contributed by atoms with Crippen LogP contribution in [0.25, 0.3) is 11.0 Å². The van der Waals surface area contributed by atoms with Crippen LogP contribution in [0.1, 0.15) is 37.1 Å². The van der Waals surface area contributed by atoms with E-state index in [1.54, 1.807) is 0 Å². The molecule has 1 unspecified atom stereocenters. The lowest BCUT2D eigenvalue weighted by Crippen LogP contribution is -2.08. The Morgan fingerprint density at radius 1 is 1.41 bits per heavy atom. The number of rotatable bonds is 4. The topological polar surface area (TPSA) is 39.2 Å². The Balaban J connectivity index is 2.21. The first-order valence-electron chi connectivity index (χ1n) is 5.96. The van der Waals surface area contributed by atoms with Gasteiger partial charge in [-0.1, -0.05) is 17.2 Å². The molecule has 0 saturated carbocycles. The number of fused-ring (bicyclic) bond motifs is 1. The summed E-state index contributed by atoms with van der Waals surface area (Å²) in [5.41, 5.74) is 9.42. The van der Waals surface area contributed by atoms with Crippen molar-refractivity contribution in [1.82, 2.24) is 0 Å². The molecule has 1 heterocycles. The number of nitrogens with two attached hydrogens (primary N) is 1. The lowest BCUT2D eigenvalue weighted by atomic mass is 10.1. The maximum absolute atomic E-state index is 6.11. The van der Waals surface area contributed by atoms with Crippen molar-refractivity contribution >= 4 is 11.0 Å². The molecule has 0 amide bonds. The molecule has 0 radical (unpaired) electrons. The Morgan fingerprint density at radius 2 is 2.18 bits per heavy atom. The molecule has 0 saturated heterocycles. The van der Waals surface area contributed by atoms with E-state index in [0.717, 1.165) is 35.1 Å². The minimum atomic E-state index is -0.0422. The molecule has 2 aromatic rings. The van der Waals surface area contributed by atoms with Gasteiger partial charge in [0.2, 0.25) is 0 Å². The summed E-state index contributed by atoms with van der Waals surface area (Å²) in [5.74, 6) is 0.867. The highest BCUT2D eigenvalue weighted by Crippen LogP contribution is 2.26. The number of hydrogen-bond donors (Lipinski definition) is 1. The summed E-state index contributed by atoms with van der Waals surface area (Å²) in [7, 11) is 0. The van der Waals surface area contributed by atoms with Crippen LogP contribution in [0, 0.1) is 6.92 Å². The van der Waals surface area contributed by atoms with Crippen molar-refractivity contribution in [2.45, 2.75) is 32.7 Å². The third-order valence-electron chi connectivity index (χ3n) is 2.94. The maximum atomic E-state index is 6.11. The van der Waals surface area contributed by atoms with E-state index in [0.29, 0.717) is 0 Å². The first-order chi connectivity index (χ1) is 8.06. The number of hydrogen-bond acceptors (Lipinski definition) is 2. The molecule has 90 valence electrons. The molecule has 1 atom stereocenters. The van der Waals surface area contributed by atoms with Gasteiger partial charge in [0.05, 0.1) is 6.04 Å². The van der Waals surface area contributed by atoms with Crippen molar-refractivity contribution in [1.29, 1.82) is 0 Å². The lowest BCUT2D eigenvalue weighted by Gasteiger charge is -2.07. The Kier molecular flexibility index (Phi) is 3.34. The zero-order valence-corrected chi connectivity index (χ0v) is 10.5. The molecular formula is C15H19NO. The second-order valence-corrected chi connectivity index (χ2v) is 4.79. The highest BCUT2D eigenvalue weighted by molar-refractivity contribution is 5.78.